The van der Waals surface area contributed by atoms with Gasteiger partial charge in [0.15, 0.2) is 11.0 Å². The summed E-state index contributed by atoms with van der Waals surface area (Å²) in [5, 5.41) is 11.8. The molecule has 8 nitrogen and oxygen atoms in total. The van der Waals surface area contributed by atoms with E-state index < -0.39 is 0 Å². The molecule has 176 valence electrons. The SMILES string of the molecule is C=CCn1c(COc2ccc(F)cc2)nnc1SCC(=O)N1c2ccccc2NC(=O)C[C@H]1C. The molecule has 0 spiro atoms. The minimum Gasteiger partial charge on any atom is -0.486 e. The molecule has 2 heterocycles. The molecular formula is C24H24FN5O3S. The maximum atomic E-state index is 13.3. The topological polar surface area (TPSA) is 89.3 Å². The molecule has 1 atom stereocenters. The van der Waals surface area contributed by atoms with Gasteiger partial charge in [-0.15, -0.1) is 16.8 Å². The highest BCUT2D eigenvalue weighted by Gasteiger charge is 2.29. The van der Waals surface area contributed by atoms with Crippen LogP contribution in [0.2, 0.25) is 0 Å². The average Bonchev–Trinajstić information content (AvgIpc) is 3.14. The van der Waals surface area contributed by atoms with Crippen molar-refractivity contribution in [2.75, 3.05) is 16.0 Å². The summed E-state index contributed by atoms with van der Waals surface area (Å²) in [6.07, 6.45) is 1.92. The molecule has 1 aromatic heterocycles. The number of allylic oxidation sites excluding steroid dienone is 1. The van der Waals surface area contributed by atoms with Gasteiger partial charge in [-0.2, -0.15) is 0 Å². The molecule has 34 heavy (non-hydrogen) atoms. The van der Waals surface area contributed by atoms with Crippen LogP contribution in [0.5, 0.6) is 5.75 Å². The molecule has 0 radical (unpaired) electrons. The number of para-hydroxylation sites is 2. The molecule has 2 amide bonds. The monoisotopic (exact) mass is 481 g/mol. The number of nitrogens with zero attached hydrogens (tertiary/aromatic N) is 4. The lowest BCUT2D eigenvalue weighted by molar-refractivity contribution is -0.117. The molecule has 0 aliphatic carbocycles. The number of aromatic nitrogens is 3. The zero-order chi connectivity index (χ0) is 24.1. The molecule has 3 aromatic rings. The summed E-state index contributed by atoms with van der Waals surface area (Å²) >= 11 is 1.26. The smallest absolute Gasteiger partial charge is 0.237 e. The summed E-state index contributed by atoms with van der Waals surface area (Å²) in [6.45, 7) is 6.21. The van der Waals surface area contributed by atoms with Gasteiger partial charge in [-0.25, -0.2) is 4.39 Å². The highest BCUT2D eigenvalue weighted by molar-refractivity contribution is 7.99. The lowest BCUT2D eigenvalue weighted by atomic mass is 10.2. The standard InChI is InChI=1S/C24H24FN5O3S/c1-3-12-29-21(14-33-18-10-8-17(25)9-11-18)27-28-24(29)34-15-23(32)30-16(2)13-22(31)26-19-6-4-5-7-20(19)30/h3-11,16H,1,12-15H2,2H3,(H,26,31)/t16-/m1/s1. The maximum absolute atomic E-state index is 13.3. The summed E-state index contributed by atoms with van der Waals surface area (Å²) in [5.41, 5.74) is 1.29. The number of carbonyl (C=O) groups is 2. The van der Waals surface area contributed by atoms with Gasteiger partial charge in [0.05, 0.1) is 17.1 Å². The molecule has 1 aliphatic rings. The van der Waals surface area contributed by atoms with E-state index in [9.17, 15) is 14.0 Å². The van der Waals surface area contributed by atoms with Crippen molar-refractivity contribution in [2.45, 2.75) is 37.7 Å². The second-order valence-electron chi connectivity index (χ2n) is 7.71. The van der Waals surface area contributed by atoms with Gasteiger partial charge in [0.25, 0.3) is 0 Å². The van der Waals surface area contributed by atoms with E-state index in [0.29, 0.717) is 34.6 Å². The number of nitrogens with one attached hydrogen (secondary N) is 1. The second-order valence-corrected chi connectivity index (χ2v) is 8.65. The Morgan fingerprint density at radius 1 is 1.26 bits per heavy atom. The molecule has 10 heteroatoms. The Morgan fingerprint density at radius 2 is 2.03 bits per heavy atom. The Hall–Kier alpha value is -3.66. The largest absolute Gasteiger partial charge is 0.486 e. The number of anilines is 2. The van der Waals surface area contributed by atoms with Crippen molar-refractivity contribution in [1.29, 1.82) is 0 Å². The van der Waals surface area contributed by atoms with E-state index in [2.05, 4.69) is 22.1 Å². The van der Waals surface area contributed by atoms with Crippen molar-refractivity contribution in [3.8, 4) is 5.75 Å². The highest BCUT2D eigenvalue weighted by atomic mass is 32.2. The van der Waals surface area contributed by atoms with Crippen LogP contribution in [-0.2, 0) is 22.7 Å². The number of benzene rings is 2. The van der Waals surface area contributed by atoms with E-state index >= 15 is 0 Å². The molecule has 4 rings (SSSR count). The number of carbonyl (C=O) groups excluding carboxylic acids is 2. The highest BCUT2D eigenvalue weighted by Crippen LogP contribution is 2.32. The van der Waals surface area contributed by atoms with Crippen LogP contribution in [0.4, 0.5) is 15.8 Å². The molecule has 1 aliphatic heterocycles. The molecule has 0 bridgehead atoms. The van der Waals surface area contributed by atoms with Crippen LogP contribution in [0.3, 0.4) is 0 Å². The van der Waals surface area contributed by atoms with Crippen LogP contribution in [0, 0.1) is 5.82 Å². The fraction of sp³-hybridized carbons (Fsp3) is 0.250. The number of thioether (sulfide) groups is 1. The molecule has 0 saturated heterocycles. The quantitative estimate of drug-likeness (QED) is 0.386. The molecule has 0 fully saturated rings. The third-order valence-corrected chi connectivity index (χ3v) is 6.19. The van der Waals surface area contributed by atoms with Crippen LogP contribution >= 0.6 is 11.8 Å². The Bertz CT molecular complexity index is 1200. The molecule has 1 N–H and O–H groups in total. The van der Waals surface area contributed by atoms with E-state index in [0.717, 1.165) is 0 Å². The van der Waals surface area contributed by atoms with Gasteiger partial charge in [-0.3, -0.25) is 14.2 Å². The molecule has 2 aromatic carbocycles. The first-order valence-electron chi connectivity index (χ1n) is 10.7. The number of ether oxygens (including phenoxy) is 1. The third kappa shape index (κ3) is 5.28. The van der Waals surface area contributed by atoms with Gasteiger partial charge in [0.2, 0.25) is 11.8 Å². The Kier molecular flexibility index (Phi) is 7.27. The summed E-state index contributed by atoms with van der Waals surface area (Å²) in [7, 11) is 0. The fourth-order valence-corrected chi connectivity index (χ4v) is 4.51. The van der Waals surface area contributed by atoms with Crippen molar-refractivity contribution in [3.63, 3.8) is 0 Å². The van der Waals surface area contributed by atoms with Crippen molar-refractivity contribution < 1.29 is 18.7 Å². The predicted molar refractivity (Wildman–Crippen MR) is 128 cm³/mol. The lowest BCUT2D eigenvalue weighted by Gasteiger charge is -2.27. The average molecular weight is 482 g/mol. The van der Waals surface area contributed by atoms with Crippen molar-refractivity contribution in [2.24, 2.45) is 0 Å². The summed E-state index contributed by atoms with van der Waals surface area (Å²) in [6, 6.07) is 12.7. The Balaban J connectivity index is 1.47. The Labute approximate surface area is 200 Å². The van der Waals surface area contributed by atoms with Gasteiger partial charge in [0, 0.05) is 19.0 Å². The first-order valence-corrected chi connectivity index (χ1v) is 11.7. The molecular weight excluding hydrogens is 457 g/mol. The Morgan fingerprint density at radius 3 is 2.79 bits per heavy atom. The molecule has 0 saturated carbocycles. The van der Waals surface area contributed by atoms with E-state index in [1.807, 2.05) is 29.7 Å². The molecule has 0 unspecified atom stereocenters. The number of rotatable bonds is 8. The number of hydrogen-bond donors (Lipinski definition) is 1. The van der Waals surface area contributed by atoms with E-state index in [1.165, 1.54) is 36.0 Å². The zero-order valence-electron chi connectivity index (χ0n) is 18.6. The predicted octanol–water partition coefficient (Wildman–Crippen LogP) is 4.04. The zero-order valence-corrected chi connectivity index (χ0v) is 19.4. The van der Waals surface area contributed by atoms with Crippen LogP contribution in [0.15, 0.2) is 66.3 Å². The van der Waals surface area contributed by atoms with E-state index in [1.54, 1.807) is 17.0 Å². The van der Waals surface area contributed by atoms with Crippen molar-refractivity contribution in [1.82, 2.24) is 14.8 Å². The summed E-state index contributed by atoms with van der Waals surface area (Å²) in [4.78, 5) is 27.1. The van der Waals surface area contributed by atoms with Gasteiger partial charge in [-0.1, -0.05) is 30.0 Å². The van der Waals surface area contributed by atoms with Crippen LogP contribution in [0.25, 0.3) is 0 Å². The van der Waals surface area contributed by atoms with Crippen LogP contribution in [0.1, 0.15) is 19.2 Å². The number of hydrogen-bond acceptors (Lipinski definition) is 6. The number of halogens is 1. The summed E-state index contributed by atoms with van der Waals surface area (Å²) < 4.78 is 20.6. The van der Waals surface area contributed by atoms with Crippen LogP contribution < -0.4 is 15.0 Å². The number of amides is 2. The third-order valence-electron chi connectivity index (χ3n) is 5.24. The first kappa shape index (κ1) is 23.5. The van der Waals surface area contributed by atoms with E-state index in [-0.39, 0.29) is 42.5 Å². The van der Waals surface area contributed by atoms with Crippen LogP contribution in [-0.4, -0.2) is 38.4 Å². The normalized spacial score (nSPS) is 15.3. The van der Waals surface area contributed by atoms with Gasteiger partial charge >= 0.3 is 0 Å². The summed E-state index contributed by atoms with van der Waals surface area (Å²) in [5.74, 6) is 0.574. The minimum absolute atomic E-state index is 0.112. The maximum Gasteiger partial charge on any atom is 0.237 e. The second kappa shape index (κ2) is 10.5. The van der Waals surface area contributed by atoms with Gasteiger partial charge in [-0.05, 0) is 43.3 Å². The fourth-order valence-electron chi connectivity index (χ4n) is 3.69. The lowest BCUT2D eigenvalue weighted by Crippen LogP contribution is -2.40. The van der Waals surface area contributed by atoms with Crippen molar-refractivity contribution >= 4 is 35.0 Å². The van der Waals surface area contributed by atoms with E-state index in [4.69, 9.17) is 4.74 Å². The van der Waals surface area contributed by atoms with Gasteiger partial charge in [0.1, 0.15) is 18.2 Å². The number of fused-ring (bicyclic) bond motifs is 1. The first-order chi connectivity index (χ1) is 16.5. The minimum atomic E-state index is -0.341. The van der Waals surface area contributed by atoms with Crippen molar-refractivity contribution in [3.05, 3.63) is 72.8 Å². The van der Waals surface area contributed by atoms with Gasteiger partial charge < -0.3 is 15.0 Å².